The summed E-state index contributed by atoms with van der Waals surface area (Å²) < 4.78 is 7.52. The number of amides is 1. The molecule has 1 amide bonds. The molecule has 0 bridgehead atoms. The van der Waals surface area contributed by atoms with Gasteiger partial charge in [0.25, 0.3) is 0 Å². The van der Waals surface area contributed by atoms with Crippen LogP contribution in [0.15, 0.2) is 29.4 Å². The number of carbonyl (C=O) groups excluding carboxylic acids is 1. The Morgan fingerprint density at radius 2 is 2.04 bits per heavy atom. The topological polar surface area (TPSA) is 69.0 Å². The number of ether oxygens (including phenoxy) is 1. The lowest BCUT2D eigenvalue weighted by atomic mass is 10.1. The Morgan fingerprint density at radius 1 is 1.23 bits per heavy atom. The number of hydrogen-bond donors (Lipinski definition) is 1. The van der Waals surface area contributed by atoms with Crippen molar-refractivity contribution < 1.29 is 9.53 Å². The van der Waals surface area contributed by atoms with Gasteiger partial charge in [0.2, 0.25) is 5.91 Å². The van der Waals surface area contributed by atoms with E-state index in [9.17, 15) is 4.79 Å². The average molecular weight is 375 g/mol. The van der Waals surface area contributed by atoms with Gasteiger partial charge in [0.05, 0.1) is 18.0 Å². The molecule has 1 atom stereocenters. The smallest absolute Gasteiger partial charge is 0.238 e. The number of aryl methyl sites for hydroxylation is 1. The molecule has 1 aromatic carbocycles. The Labute approximate surface area is 158 Å². The van der Waals surface area contributed by atoms with Crippen molar-refractivity contribution in [2.75, 3.05) is 12.4 Å². The van der Waals surface area contributed by atoms with Crippen LogP contribution in [0.5, 0.6) is 5.75 Å². The molecule has 6 nitrogen and oxygen atoms in total. The van der Waals surface area contributed by atoms with Crippen molar-refractivity contribution in [1.82, 2.24) is 14.8 Å². The minimum Gasteiger partial charge on any atom is -0.495 e. The highest BCUT2D eigenvalue weighted by Crippen LogP contribution is 2.31. The summed E-state index contributed by atoms with van der Waals surface area (Å²) >= 11 is 1.50. The molecule has 1 aromatic heterocycles. The highest BCUT2D eigenvalue weighted by molar-refractivity contribution is 8.00. The minimum atomic E-state index is -0.253. The van der Waals surface area contributed by atoms with Crippen LogP contribution < -0.4 is 10.1 Å². The fourth-order valence-electron chi connectivity index (χ4n) is 3.10. The van der Waals surface area contributed by atoms with Gasteiger partial charge < -0.3 is 14.6 Å². The third kappa shape index (κ3) is 4.20. The Bertz CT molecular complexity index is 760. The zero-order chi connectivity index (χ0) is 18.5. The van der Waals surface area contributed by atoms with Crippen LogP contribution in [-0.4, -0.2) is 33.0 Å². The molecule has 1 aliphatic heterocycles. The normalized spacial score (nSPS) is 15.2. The fourth-order valence-corrected chi connectivity index (χ4v) is 4.18. The number of rotatable bonds is 6. The van der Waals surface area contributed by atoms with Crippen LogP contribution in [0, 0.1) is 5.92 Å². The maximum absolute atomic E-state index is 12.9. The van der Waals surface area contributed by atoms with Crippen LogP contribution in [0.25, 0.3) is 0 Å². The second-order valence-corrected chi connectivity index (χ2v) is 7.94. The van der Waals surface area contributed by atoms with Crippen LogP contribution in [-0.2, 0) is 17.8 Å². The Morgan fingerprint density at radius 3 is 2.81 bits per heavy atom. The second kappa shape index (κ2) is 8.58. The lowest BCUT2D eigenvalue weighted by Crippen LogP contribution is -2.30. The molecule has 0 spiro atoms. The first-order valence-electron chi connectivity index (χ1n) is 9.12. The number of carbonyl (C=O) groups is 1. The van der Waals surface area contributed by atoms with Crippen molar-refractivity contribution in [3.05, 3.63) is 30.1 Å². The molecule has 2 heterocycles. The van der Waals surface area contributed by atoms with E-state index in [0.717, 1.165) is 36.8 Å². The molecule has 0 unspecified atom stereocenters. The van der Waals surface area contributed by atoms with Crippen LogP contribution in [0.2, 0.25) is 0 Å². The van der Waals surface area contributed by atoms with Gasteiger partial charge in [-0.15, -0.1) is 10.2 Å². The predicted molar refractivity (Wildman–Crippen MR) is 104 cm³/mol. The van der Waals surface area contributed by atoms with Crippen molar-refractivity contribution in [2.45, 2.75) is 56.5 Å². The van der Waals surface area contributed by atoms with E-state index < -0.39 is 0 Å². The summed E-state index contributed by atoms with van der Waals surface area (Å²) in [6.45, 7) is 5.04. The van der Waals surface area contributed by atoms with Gasteiger partial charge >= 0.3 is 0 Å². The van der Waals surface area contributed by atoms with E-state index in [1.54, 1.807) is 7.11 Å². The fraction of sp³-hybridized carbons (Fsp3) is 0.526. The monoisotopic (exact) mass is 374 g/mol. The Balaban J connectivity index is 1.77. The molecule has 0 saturated heterocycles. The highest BCUT2D eigenvalue weighted by atomic mass is 32.2. The summed E-state index contributed by atoms with van der Waals surface area (Å²) in [6.07, 6.45) is 4.48. The minimum absolute atomic E-state index is 0.0412. The van der Waals surface area contributed by atoms with Gasteiger partial charge in [-0.1, -0.05) is 44.2 Å². The summed E-state index contributed by atoms with van der Waals surface area (Å²) in [4.78, 5) is 12.9. The number of methoxy groups -OCH3 is 1. The number of fused-ring (bicyclic) bond motifs is 1. The number of para-hydroxylation sites is 2. The van der Waals surface area contributed by atoms with E-state index in [1.165, 1.54) is 18.2 Å². The molecular formula is C19H26N4O2S. The molecule has 0 saturated carbocycles. The van der Waals surface area contributed by atoms with Crippen molar-refractivity contribution in [1.29, 1.82) is 0 Å². The van der Waals surface area contributed by atoms with Crippen LogP contribution in [0.4, 0.5) is 5.69 Å². The number of hydrogen-bond acceptors (Lipinski definition) is 5. The number of nitrogens with one attached hydrogen (secondary N) is 1. The first kappa shape index (κ1) is 18.8. The van der Waals surface area contributed by atoms with E-state index in [4.69, 9.17) is 4.74 Å². The summed E-state index contributed by atoms with van der Waals surface area (Å²) in [6, 6.07) is 7.45. The molecule has 2 aromatic rings. The standard InChI is InChI=1S/C19H26N4O2S/c1-13(2)17(18(24)20-14-9-6-7-10-15(14)25-3)26-19-22-21-16-11-5-4-8-12-23(16)19/h6-7,9-10,13,17H,4-5,8,11-12H2,1-3H3,(H,20,24)/t17-/m1/s1. The van der Waals surface area contributed by atoms with Crippen molar-refractivity contribution in [3.8, 4) is 5.75 Å². The first-order valence-corrected chi connectivity index (χ1v) is 10.0. The molecule has 7 heteroatoms. The van der Waals surface area contributed by atoms with Crippen molar-refractivity contribution >= 4 is 23.4 Å². The Kier molecular flexibility index (Phi) is 6.19. The zero-order valence-electron chi connectivity index (χ0n) is 15.6. The van der Waals surface area contributed by atoms with Crippen molar-refractivity contribution in [3.63, 3.8) is 0 Å². The lowest BCUT2D eigenvalue weighted by molar-refractivity contribution is -0.116. The van der Waals surface area contributed by atoms with E-state index in [2.05, 4.69) is 33.9 Å². The SMILES string of the molecule is COc1ccccc1NC(=O)[C@H](Sc1nnc2n1CCCCC2)C(C)C. The summed E-state index contributed by atoms with van der Waals surface area (Å²) in [7, 11) is 1.60. The van der Waals surface area contributed by atoms with Crippen LogP contribution in [0.3, 0.4) is 0 Å². The second-order valence-electron chi connectivity index (χ2n) is 6.83. The van der Waals surface area contributed by atoms with E-state index in [-0.39, 0.29) is 17.1 Å². The number of aromatic nitrogens is 3. The molecule has 0 aliphatic carbocycles. The highest BCUT2D eigenvalue weighted by Gasteiger charge is 2.27. The third-order valence-electron chi connectivity index (χ3n) is 4.54. The van der Waals surface area contributed by atoms with Crippen LogP contribution in [0.1, 0.15) is 38.9 Å². The quantitative estimate of drug-likeness (QED) is 0.780. The molecule has 3 rings (SSSR count). The van der Waals surface area contributed by atoms with Gasteiger partial charge in [0.1, 0.15) is 11.6 Å². The van der Waals surface area contributed by atoms with Gasteiger partial charge in [-0.3, -0.25) is 4.79 Å². The number of thioether (sulfide) groups is 1. The molecule has 140 valence electrons. The zero-order valence-corrected chi connectivity index (χ0v) is 16.4. The molecule has 0 radical (unpaired) electrons. The van der Waals surface area contributed by atoms with E-state index in [0.29, 0.717) is 11.4 Å². The van der Waals surface area contributed by atoms with Gasteiger partial charge in [-0.2, -0.15) is 0 Å². The maximum Gasteiger partial charge on any atom is 0.238 e. The first-order chi connectivity index (χ1) is 12.6. The van der Waals surface area contributed by atoms with Gasteiger partial charge in [0.15, 0.2) is 5.16 Å². The van der Waals surface area contributed by atoms with Gasteiger partial charge in [-0.05, 0) is 30.9 Å². The van der Waals surface area contributed by atoms with E-state index in [1.807, 2.05) is 24.3 Å². The van der Waals surface area contributed by atoms with E-state index >= 15 is 0 Å². The van der Waals surface area contributed by atoms with Gasteiger partial charge in [-0.25, -0.2) is 0 Å². The lowest BCUT2D eigenvalue weighted by Gasteiger charge is -2.20. The number of benzene rings is 1. The summed E-state index contributed by atoms with van der Waals surface area (Å²) in [5.41, 5.74) is 0.686. The summed E-state index contributed by atoms with van der Waals surface area (Å²) in [5.74, 6) is 1.82. The molecule has 0 fully saturated rings. The van der Waals surface area contributed by atoms with Crippen molar-refractivity contribution in [2.24, 2.45) is 5.92 Å². The average Bonchev–Trinajstić information content (AvgIpc) is 2.85. The molecular weight excluding hydrogens is 348 g/mol. The molecule has 1 N–H and O–H groups in total. The largest absolute Gasteiger partial charge is 0.495 e. The van der Waals surface area contributed by atoms with Crippen LogP contribution >= 0.6 is 11.8 Å². The number of nitrogens with zero attached hydrogens (tertiary/aromatic N) is 3. The third-order valence-corrected chi connectivity index (χ3v) is 6.06. The predicted octanol–water partition coefficient (Wildman–Crippen LogP) is 3.77. The molecule has 1 aliphatic rings. The Hall–Kier alpha value is -2.02. The maximum atomic E-state index is 12.9. The molecule has 26 heavy (non-hydrogen) atoms. The summed E-state index contributed by atoms with van der Waals surface area (Å²) in [5, 5.41) is 12.3. The van der Waals surface area contributed by atoms with Gasteiger partial charge in [0, 0.05) is 13.0 Å². The number of anilines is 1.